The molecule has 0 saturated carbocycles. The Labute approximate surface area is 239 Å². The molecule has 2 atom stereocenters. The van der Waals surface area contributed by atoms with E-state index in [4.69, 9.17) is 14.6 Å². The minimum Gasteiger partial charge on any atom is -0.480 e. The molecule has 0 aliphatic rings. The number of nitrogens with one attached hydrogen (secondary N) is 1. The number of unbranched alkanes of at least 4 members (excludes halogenated alkanes) is 4. The zero-order chi connectivity index (χ0) is 29.5. The van der Waals surface area contributed by atoms with Gasteiger partial charge >= 0.3 is 11.9 Å². The lowest BCUT2D eigenvalue weighted by atomic mass is 10.0. The number of aliphatic carboxylic acids is 2. The Kier molecular flexibility index (Phi) is 13.2. The molecule has 0 aliphatic heterocycles. The lowest BCUT2D eigenvalue weighted by Crippen LogP contribution is -2.49. The van der Waals surface area contributed by atoms with E-state index < -0.39 is 36.7 Å². The van der Waals surface area contributed by atoms with Crippen LogP contribution in [0.1, 0.15) is 49.7 Å². The zero-order valence-corrected chi connectivity index (χ0v) is 23.1. The molecule has 1 amide bonds. The zero-order valence-electron chi connectivity index (χ0n) is 23.1. The quantitative estimate of drug-likeness (QED) is 0.171. The summed E-state index contributed by atoms with van der Waals surface area (Å²) in [5.74, 6) is -3.75. The van der Waals surface area contributed by atoms with Gasteiger partial charge in [-0.15, -0.1) is 0 Å². The Morgan fingerprint density at radius 3 is 2.10 bits per heavy atom. The number of carbonyl (C=O) groups is 3. The standard InChI is InChI=1S/C32H38FNO7/c33-27-17-14-23(15-18-27)9-4-2-8-20-40-29(30(32(38)39)41-22-28(35)36)31(37)34-19-7-1-3-10-24-13-16-25-11-5-6-12-26(25)21-24/h5-6,11-18,21,29-30H,1-4,7-10,19-20,22H2,(H,34,37)(H,35,36)(H,38,39). The van der Waals surface area contributed by atoms with Crippen LogP contribution in [0, 0.1) is 5.82 Å². The van der Waals surface area contributed by atoms with Crippen molar-refractivity contribution in [2.45, 2.75) is 63.6 Å². The van der Waals surface area contributed by atoms with Crippen molar-refractivity contribution in [2.24, 2.45) is 0 Å². The van der Waals surface area contributed by atoms with Gasteiger partial charge in [-0.05, 0) is 72.6 Å². The monoisotopic (exact) mass is 567 g/mol. The first-order valence-corrected chi connectivity index (χ1v) is 14.0. The van der Waals surface area contributed by atoms with Gasteiger partial charge in [0.05, 0.1) is 0 Å². The van der Waals surface area contributed by atoms with Gasteiger partial charge in [-0.2, -0.15) is 0 Å². The van der Waals surface area contributed by atoms with E-state index in [2.05, 4.69) is 35.6 Å². The van der Waals surface area contributed by atoms with Gasteiger partial charge in [0, 0.05) is 13.2 Å². The highest BCUT2D eigenvalue weighted by atomic mass is 19.1. The van der Waals surface area contributed by atoms with E-state index in [0.717, 1.165) is 44.1 Å². The van der Waals surface area contributed by atoms with Crippen LogP contribution < -0.4 is 5.32 Å². The van der Waals surface area contributed by atoms with Gasteiger partial charge < -0.3 is 25.0 Å². The van der Waals surface area contributed by atoms with E-state index in [0.29, 0.717) is 19.4 Å². The predicted molar refractivity (Wildman–Crippen MR) is 153 cm³/mol. The summed E-state index contributed by atoms with van der Waals surface area (Å²) in [4.78, 5) is 35.6. The fourth-order valence-electron chi connectivity index (χ4n) is 4.56. The van der Waals surface area contributed by atoms with Gasteiger partial charge in [-0.1, -0.05) is 67.4 Å². The molecule has 8 nitrogen and oxygen atoms in total. The summed E-state index contributed by atoms with van der Waals surface area (Å²) in [6.07, 6.45) is 3.05. The minimum absolute atomic E-state index is 0.105. The number of carboxylic acids is 2. The number of amides is 1. The average Bonchev–Trinajstić information content (AvgIpc) is 2.96. The van der Waals surface area contributed by atoms with Gasteiger partial charge in [0.2, 0.25) is 0 Å². The summed E-state index contributed by atoms with van der Waals surface area (Å²) in [7, 11) is 0. The van der Waals surface area contributed by atoms with E-state index in [-0.39, 0.29) is 12.4 Å². The molecule has 3 aromatic carbocycles. The minimum atomic E-state index is -1.75. The molecular formula is C32H38FNO7. The van der Waals surface area contributed by atoms with Gasteiger partial charge in [0.25, 0.3) is 5.91 Å². The summed E-state index contributed by atoms with van der Waals surface area (Å²) < 4.78 is 23.7. The second-order valence-electron chi connectivity index (χ2n) is 9.98. The number of hydrogen-bond donors (Lipinski definition) is 3. The van der Waals surface area contributed by atoms with Crippen molar-refractivity contribution < 1.29 is 38.5 Å². The van der Waals surface area contributed by atoms with Gasteiger partial charge in [0.15, 0.2) is 12.2 Å². The van der Waals surface area contributed by atoms with Crippen molar-refractivity contribution in [3.63, 3.8) is 0 Å². The van der Waals surface area contributed by atoms with Gasteiger partial charge in [-0.25, -0.2) is 14.0 Å². The molecule has 3 rings (SSSR count). The van der Waals surface area contributed by atoms with E-state index in [1.54, 1.807) is 12.1 Å². The van der Waals surface area contributed by atoms with Crippen molar-refractivity contribution >= 4 is 28.6 Å². The molecule has 0 spiro atoms. The van der Waals surface area contributed by atoms with E-state index in [1.807, 2.05) is 12.1 Å². The summed E-state index contributed by atoms with van der Waals surface area (Å²) in [6.45, 7) is -0.427. The van der Waals surface area contributed by atoms with Crippen LogP contribution in [-0.4, -0.2) is 60.0 Å². The summed E-state index contributed by atoms with van der Waals surface area (Å²) in [6, 6.07) is 20.9. The van der Waals surface area contributed by atoms with E-state index >= 15 is 0 Å². The van der Waals surface area contributed by atoms with Crippen LogP contribution in [-0.2, 0) is 36.7 Å². The molecule has 0 aliphatic carbocycles. The molecule has 3 N–H and O–H groups in total. The van der Waals surface area contributed by atoms with Crippen molar-refractivity contribution in [3.05, 3.63) is 83.7 Å². The van der Waals surface area contributed by atoms with Crippen molar-refractivity contribution in [3.8, 4) is 0 Å². The fourth-order valence-corrected chi connectivity index (χ4v) is 4.56. The third kappa shape index (κ3) is 11.3. The average molecular weight is 568 g/mol. The molecule has 3 aromatic rings. The van der Waals surface area contributed by atoms with Crippen LogP contribution in [0.15, 0.2) is 66.7 Å². The molecule has 220 valence electrons. The van der Waals surface area contributed by atoms with Crippen molar-refractivity contribution in [1.82, 2.24) is 5.32 Å². The molecule has 0 radical (unpaired) electrons. The smallest absolute Gasteiger partial charge is 0.336 e. The highest BCUT2D eigenvalue weighted by Gasteiger charge is 2.36. The Bertz CT molecular complexity index is 1260. The summed E-state index contributed by atoms with van der Waals surface area (Å²) >= 11 is 0. The number of fused-ring (bicyclic) bond motifs is 1. The SMILES string of the molecule is O=C(O)COC(C(=O)O)C(OCCCCCc1ccc(F)cc1)C(=O)NCCCCCc1ccc2ccccc2c1. The number of aryl methyl sites for hydroxylation is 2. The lowest BCUT2D eigenvalue weighted by Gasteiger charge is -2.23. The Hall–Kier alpha value is -3.82. The number of rotatable bonds is 19. The molecule has 0 aromatic heterocycles. The molecule has 9 heteroatoms. The summed E-state index contributed by atoms with van der Waals surface area (Å²) in [5, 5.41) is 23.7. The van der Waals surface area contributed by atoms with Crippen LogP contribution >= 0.6 is 0 Å². The van der Waals surface area contributed by atoms with E-state index in [1.165, 1.54) is 28.5 Å². The highest BCUT2D eigenvalue weighted by molar-refractivity contribution is 5.88. The van der Waals surface area contributed by atoms with Crippen LogP contribution in [0.2, 0.25) is 0 Å². The highest BCUT2D eigenvalue weighted by Crippen LogP contribution is 2.17. The van der Waals surface area contributed by atoms with Gasteiger partial charge in [-0.3, -0.25) is 4.79 Å². The molecule has 0 fully saturated rings. The van der Waals surface area contributed by atoms with E-state index in [9.17, 15) is 23.9 Å². The maximum atomic E-state index is 13.0. The van der Waals surface area contributed by atoms with Crippen LogP contribution in [0.3, 0.4) is 0 Å². The Morgan fingerprint density at radius 1 is 0.732 bits per heavy atom. The number of ether oxygens (including phenoxy) is 2. The summed E-state index contributed by atoms with van der Waals surface area (Å²) in [5.41, 5.74) is 2.26. The first-order chi connectivity index (χ1) is 19.8. The number of carbonyl (C=O) groups excluding carboxylic acids is 1. The normalized spacial score (nSPS) is 12.6. The number of benzene rings is 3. The van der Waals surface area contributed by atoms with Crippen molar-refractivity contribution in [2.75, 3.05) is 19.8 Å². The second kappa shape index (κ2) is 17.1. The van der Waals surface area contributed by atoms with Gasteiger partial charge in [0.1, 0.15) is 12.4 Å². The second-order valence-corrected chi connectivity index (χ2v) is 9.98. The lowest BCUT2D eigenvalue weighted by molar-refractivity contribution is -0.172. The molecule has 0 saturated heterocycles. The molecular weight excluding hydrogens is 529 g/mol. The number of carboxylic acid groups (broad SMARTS) is 2. The third-order valence-corrected chi connectivity index (χ3v) is 6.74. The van der Waals surface area contributed by atoms with Crippen LogP contribution in [0.25, 0.3) is 10.8 Å². The Balaban J connectivity index is 1.42. The topological polar surface area (TPSA) is 122 Å². The predicted octanol–water partition coefficient (Wildman–Crippen LogP) is 5.16. The third-order valence-electron chi connectivity index (χ3n) is 6.74. The number of halogens is 1. The maximum Gasteiger partial charge on any atom is 0.336 e. The first-order valence-electron chi connectivity index (χ1n) is 14.0. The molecule has 41 heavy (non-hydrogen) atoms. The maximum absolute atomic E-state index is 13.0. The van der Waals surface area contributed by atoms with Crippen molar-refractivity contribution in [1.29, 1.82) is 0 Å². The molecule has 0 bridgehead atoms. The fraction of sp³-hybridized carbons (Fsp3) is 0.406. The van der Waals surface area contributed by atoms with Crippen LogP contribution in [0.4, 0.5) is 4.39 Å². The first kappa shape index (κ1) is 31.7. The van der Waals surface area contributed by atoms with Crippen LogP contribution in [0.5, 0.6) is 0 Å². The molecule has 0 heterocycles. The number of hydrogen-bond acceptors (Lipinski definition) is 5. The Morgan fingerprint density at radius 2 is 1.39 bits per heavy atom. The molecule has 2 unspecified atom stereocenters. The largest absolute Gasteiger partial charge is 0.480 e.